The van der Waals surface area contributed by atoms with Gasteiger partial charge in [-0.3, -0.25) is 14.3 Å². The van der Waals surface area contributed by atoms with Crippen LogP contribution in [-0.4, -0.2) is 24.6 Å². The Kier molecular flexibility index (Phi) is 6.54. The van der Waals surface area contributed by atoms with Gasteiger partial charge in [0.15, 0.2) is 5.82 Å². The molecule has 1 N–H and O–H groups in total. The second kappa shape index (κ2) is 9.43. The fourth-order valence-electron chi connectivity index (χ4n) is 3.91. The van der Waals surface area contributed by atoms with Crippen molar-refractivity contribution in [3.8, 4) is 22.8 Å². The van der Waals surface area contributed by atoms with Gasteiger partial charge >= 0.3 is 0 Å². The third-order valence-electron chi connectivity index (χ3n) is 5.83. The lowest BCUT2D eigenvalue weighted by Crippen LogP contribution is -2.24. The number of hydrogen-bond acceptors (Lipinski definition) is 6. The van der Waals surface area contributed by atoms with Gasteiger partial charge in [-0.05, 0) is 64.8 Å². The molecule has 0 saturated heterocycles. The Morgan fingerprint density at radius 2 is 1.80 bits per heavy atom. The number of ether oxygens (including phenoxy) is 1. The molecule has 0 amide bonds. The maximum absolute atomic E-state index is 13.4. The number of hydrogen-bond donors (Lipinski definition) is 1. The lowest BCUT2D eigenvalue weighted by Gasteiger charge is -2.18. The van der Waals surface area contributed by atoms with E-state index in [1.165, 1.54) is 0 Å². The maximum atomic E-state index is 13.4. The van der Waals surface area contributed by atoms with Gasteiger partial charge in [-0.1, -0.05) is 29.8 Å². The van der Waals surface area contributed by atoms with Crippen molar-refractivity contribution in [3.05, 3.63) is 99.0 Å². The van der Waals surface area contributed by atoms with E-state index >= 15 is 0 Å². The van der Waals surface area contributed by atoms with E-state index in [0.717, 1.165) is 22.4 Å². The summed E-state index contributed by atoms with van der Waals surface area (Å²) in [5.74, 6) is 0.880. The van der Waals surface area contributed by atoms with Gasteiger partial charge in [-0.2, -0.15) is 0 Å². The Labute approximate surface area is 205 Å². The van der Waals surface area contributed by atoms with E-state index in [1.54, 1.807) is 43.8 Å². The molecule has 0 atom stereocenters. The number of benzene rings is 1. The molecular formula is C28H30N4O3. The standard InChI is InChI=1S/C28H30N4O3/c1-17-8-7-9-21(12-17)16-35-24-13-19(3)32(26(33)20(24)4)22-10-11-29-23(14-22)25-18(2)15-30-27(31-25)28(5,6)34/h7-15,34H,16H2,1-6H3. The first-order valence-corrected chi connectivity index (χ1v) is 11.5. The molecule has 35 heavy (non-hydrogen) atoms. The zero-order chi connectivity index (χ0) is 25.3. The molecule has 0 saturated carbocycles. The van der Waals surface area contributed by atoms with Crippen LogP contribution in [0.1, 0.15) is 47.6 Å². The summed E-state index contributed by atoms with van der Waals surface area (Å²) in [6.07, 6.45) is 3.32. The summed E-state index contributed by atoms with van der Waals surface area (Å²) in [6.45, 7) is 11.2. The molecule has 3 heterocycles. The molecule has 0 bridgehead atoms. The van der Waals surface area contributed by atoms with E-state index in [-0.39, 0.29) is 5.56 Å². The molecule has 7 nitrogen and oxygen atoms in total. The minimum absolute atomic E-state index is 0.155. The van der Waals surface area contributed by atoms with Crippen molar-refractivity contribution < 1.29 is 9.84 Å². The largest absolute Gasteiger partial charge is 0.488 e. The van der Waals surface area contributed by atoms with Crippen LogP contribution in [0.4, 0.5) is 0 Å². The van der Waals surface area contributed by atoms with Crippen LogP contribution in [0, 0.1) is 27.7 Å². The molecule has 3 aromatic heterocycles. The summed E-state index contributed by atoms with van der Waals surface area (Å²) >= 11 is 0. The second-order valence-corrected chi connectivity index (χ2v) is 9.38. The average molecular weight is 471 g/mol. The van der Waals surface area contributed by atoms with E-state index in [0.29, 0.717) is 40.8 Å². The Morgan fingerprint density at radius 1 is 1.03 bits per heavy atom. The first kappa shape index (κ1) is 24.3. The number of aryl methyl sites for hydroxylation is 3. The molecular weight excluding hydrogens is 440 g/mol. The molecule has 0 unspecified atom stereocenters. The Bertz CT molecular complexity index is 1450. The highest BCUT2D eigenvalue weighted by Crippen LogP contribution is 2.25. The molecule has 4 aromatic rings. The SMILES string of the molecule is Cc1cccc(COc2cc(C)n(-c3ccnc(-c4nc(C(C)(C)O)ncc4C)c3)c(=O)c2C)c1. The van der Waals surface area contributed by atoms with Gasteiger partial charge in [0.05, 0.1) is 22.6 Å². The number of pyridine rings is 2. The van der Waals surface area contributed by atoms with Gasteiger partial charge in [0.25, 0.3) is 5.56 Å². The molecule has 0 aliphatic rings. The number of aliphatic hydroxyl groups is 1. The zero-order valence-electron chi connectivity index (χ0n) is 21.0. The molecule has 0 radical (unpaired) electrons. The van der Waals surface area contributed by atoms with Crippen LogP contribution in [-0.2, 0) is 12.2 Å². The normalized spacial score (nSPS) is 11.5. The Morgan fingerprint density at radius 3 is 2.51 bits per heavy atom. The lowest BCUT2D eigenvalue weighted by molar-refractivity contribution is 0.0688. The number of rotatable bonds is 6. The van der Waals surface area contributed by atoms with Gasteiger partial charge in [-0.15, -0.1) is 0 Å². The van der Waals surface area contributed by atoms with E-state index in [2.05, 4.69) is 21.0 Å². The summed E-state index contributed by atoms with van der Waals surface area (Å²) in [6, 6.07) is 13.6. The molecule has 0 fully saturated rings. The van der Waals surface area contributed by atoms with Gasteiger partial charge in [0.1, 0.15) is 18.0 Å². The number of nitrogens with zero attached hydrogens (tertiary/aromatic N) is 4. The molecule has 4 rings (SSSR count). The summed E-state index contributed by atoms with van der Waals surface area (Å²) in [4.78, 5) is 26.7. The van der Waals surface area contributed by atoms with Crippen molar-refractivity contribution in [1.29, 1.82) is 0 Å². The zero-order valence-corrected chi connectivity index (χ0v) is 21.0. The van der Waals surface area contributed by atoms with Crippen LogP contribution in [0.5, 0.6) is 5.75 Å². The van der Waals surface area contributed by atoms with E-state index in [9.17, 15) is 9.90 Å². The first-order valence-electron chi connectivity index (χ1n) is 11.5. The van der Waals surface area contributed by atoms with Crippen molar-refractivity contribution in [1.82, 2.24) is 19.5 Å². The molecule has 7 heteroatoms. The minimum atomic E-state index is -1.18. The van der Waals surface area contributed by atoms with E-state index < -0.39 is 5.60 Å². The predicted octanol–water partition coefficient (Wildman–Crippen LogP) is 4.73. The second-order valence-electron chi connectivity index (χ2n) is 9.38. The number of aromatic nitrogens is 4. The third kappa shape index (κ3) is 5.15. The van der Waals surface area contributed by atoms with Crippen LogP contribution in [0.15, 0.2) is 59.7 Å². The summed E-state index contributed by atoms with van der Waals surface area (Å²) < 4.78 is 7.66. The summed E-state index contributed by atoms with van der Waals surface area (Å²) in [5.41, 5.74) is 4.86. The Hall–Kier alpha value is -3.84. The fraction of sp³-hybridized carbons (Fsp3) is 0.286. The van der Waals surface area contributed by atoms with Gasteiger partial charge in [-0.25, -0.2) is 9.97 Å². The van der Waals surface area contributed by atoms with Gasteiger partial charge in [0, 0.05) is 24.2 Å². The van der Waals surface area contributed by atoms with Crippen molar-refractivity contribution in [2.24, 2.45) is 0 Å². The van der Waals surface area contributed by atoms with Crippen molar-refractivity contribution >= 4 is 0 Å². The van der Waals surface area contributed by atoms with Crippen LogP contribution >= 0.6 is 0 Å². The minimum Gasteiger partial charge on any atom is -0.488 e. The van der Waals surface area contributed by atoms with E-state index in [4.69, 9.17) is 4.74 Å². The first-order chi connectivity index (χ1) is 16.5. The molecule has 0 aliphatic carbocycles. The van der Waals surface area contributed by atoms with Crippen molar-refractivity contribution in [2.75, 3.05) is 0 Å². The van der Waals surface area contributed by atoms with Crippen LogP contribution in [0.25, 0.3) is 17.1 Å². The van der Waals surface area contributed by atoms with Gasteiger partial charge in [0.2, 0.25) is 0 Å². The Balaban J connectivity index is 1.71. The average Bonchev–Trinajstić information content (AvgIpc) is 2.80. The topological polar surface area (TPSA) is 90.1 Å². The maximum Gasteiger partial charge on any atom is 0.261 e. The molecule has 1 aromatic carbocycles. The molecule has 0 spiro atoms. The quantitative estimate of drug-likeness (QED) is 0.438. The predicted molar refractivity (Wildman–Crippen MR) is 136 cm³/mol. The highest BCUT2D eigenvalue weighted by Gasteiger charge is 2.22. The van der Waals surface area contributed by atoms with Gasteiger partial charge < -0.3 is 9.84 Å². The van der Waals surface area contributed by atoms with Crippen LogP contribution in [0.2, 0.25) is 0 Å². The third-order valence-corrected chi connectivity index (χ3v) is 5.83. The highest BCUT2D eigenvalue weighted by molar-refractivity contribution is 5.61. The molecule has 0 aliphatic heterocycles. The smallest absolute Gasteiger partial charge is 0.261 e. The fourth-order valence-corrected chi connectivity index (χ4v) is 3.91. The monoisotopic (exact) mass is 470 g/mol. The van der Waals surface area contributed by atoms with Crippen LogP contribution < -0.4 is 10.3 Å². The lowest BCUT2D eigenvalue weighted by atomic mass is 10.1. The summed E-state index contributed by atoms with van der Waals surface area (Å²) in [5, 5.41) is 10.3. The van der Waals surface area contributed by atoms with E-state index in [1.807, 2.05) is 51.1 Å². The van der Waals surface area contributed by atoms with Crippen molar-refractivity contribution in [2.45, 2.75) is 53.8 Å². The highest BCUT2D eigenvalue weighted by atomic mass is 16.5. The van der Waals surface area contributed by atoms with Crippen LogP contribution in [0.3, 0.4) is 0 Å². The van der Waals surface area contributed by atoms with Crippen molar-refractivity contribution in [3.63, 3.8) is 0 Å². The molecule has 180 valence electrons. The summed E-state index contributed by atoms with van der Waals surface area (Å²) in [7, 11) is 0.